The monoisotopic (exact) mass is 329 g/mol. The van der Waals surface area contributed by atoms with Gasteiger partial charge in [0.25, 0.3) is 0 Å². The number of esters is 1. The van der Waals surface area contributed by atoms with Crippen LogP contribution < -0.4 is 5.32 Å². The fourth-order valence-corrected chi connectivity index (χ4v) is 1.59. The van der Waals surface area contributed by atoms with E-state index in [0.717, 1.165) is 4.47 Å². The van der Waals surface area contributed by atoms with Crippen LogP contribution in [0.15, 0.2) is 16.9 Å². The van der Waals surface area contributed by atoms with Gasteiger partial charge in [0.1, 0.15) is 11.6 Å². The summed E-state index contributed by atoms with van der Waals surface area (Å²) in [6.45, 7) is 9.43. The zero-order valence-corrected chi connectivity index (χ0v) is 13.5. The third-order valence-corrected chi connectivity index (χ3v) is 2.64. The molecule has 0 amide bonds. The van der Waals surface area contributed by atoms with Gasteiger partial charge in [0.2, 0.25) is 5.95 Å². The number of carbonyl (C=O) groups excluding carboxylic acids is 1. The highest BCUT2D eigenvalue weighted by atomic mass is 79.9. The van der Waals surface area contributed by atoms with Crippen LogP contribution in [-0.4, -0.2) is 27.6 Å². The molecular weight excluding hydrogens is 310 g/mol. The average Bonchev–Trinajstić information content (AvgIpc) is 2.25. The van der Waals surface area contributed by atoms with Crippen LogP contribution in [0.3, 0.4) is 0 Å². The molecule has 1 aromatic heterocycles. The minimum Gasteiger partial charge on any atom is -0.458 e. The Balaban J connectivity index is 2.78. The quantitative estimate of drug-likeness (QED) is 0.860. The second kappa shape index (κ2) is 6.32. The minimum absolute atomic E-state index is 0.0714. The maximum atomic E-state index is 12.1. The molecule has 1 N–H and O–H groups in total. The molecule has 1 atom stereocenters. The van der Waals surface area contributed by atoms with Crippen LogP contribution in [0.25, 0.3) is 0 Å². The molecule has 0 unspecified atom stereocenters. The van der Waals surface area contributed by atoms with Gasteiger partial charge in [0.05, 0.1) is 4.47 Å². The van der Waals surface area contributed by atoms with Crippen molar-refractivity contribution in [3.8, 4) is 0 Å². The van der Waals surface area contributed by atoms with E-state index in [1.165, 1.54) is 0 Å². The Bertz CT molecular complexity index is 427. The van der Waals surface area contributed by atoms with Crippen LogP contribution in [0.2, 0.25) is 0 Å². The van der Waals surface area contributed by atoms with E-state index < -0.39 is 11.6 Å². The Hall–Kier alpha value is -1.17. The van der Waals surface area contributed by atoms with Crippen LogP contribution >= 0.6 is 15.9 Å². The standard InChI is InChI=1S/C13H20BrN3O2/c1-8(2)10(11(18)19-13(3,4)5)17-12-15-6-9(14)7-16-12/h6-8,10H,1-5H3,(H,15,16,17)/t10-/m1/s1. The number of ether oxygens (including phenoxy) is 1. The number of halogens is 1. The Morgan fingerprint density at radius 2 is 1.84 bits per heavy atom. The summed E-state index contributed by atoms with van der Waals surface area (Å²) >= 11 is 3.26. The van der Waals surface area contributed by atoms with Gasteiger partial charge in [0.15, 0.2) is 0 Å². The first-order chi connectivity index (χ1) is 8.69. The number of aromatic nitrogens is 2. The van der Waals surface area contributed by atoms with Crippen molar-refractivity contribution in [2.75, 3.05) is 5.32 Å². The van der Waals surface area contributed by atoms with Gasteiger partial charge in [-0.1, -0.05) is 13.8 Å². The predicted octanol–water partition coefficient (Wildman–Crippen LogP) is 3.02. The number of carbonyl (C=O) groups is 1. The zero-order chi connectivity index (χ0) is 14.6. The molecule has 0 aliphatic rings. The van der Waals surface area contributed by atoms with Crippen molar-refractivity contribution in [1.29, 1.82) is 0 Å². The Morgan fingerprint density at radius 3 is 2.26 bits per heavy atom. The normalized spacial score (nSPS) is 13.2. The molecule has 0 aliphatic carbocycles. The molecule has 5 nitrogen and oxygen atoms in total. The molecular formula is C13H20BrN3O2. The van der Waals surface area contributed by atoms with E-state index in [1.54, 1.807) is 12.4 Å². The van der Waals surface area contributed by atoms with E-state index in [-0.39, 0.29) is 11.9 Å². The molecule has 0 spiro atoms. The molecule has 106 valence electrons. The van der Waals surface area contributed by atoms with Crippen molar-refractivity contribution >= 4 is 27.8 Å². The van der Waals surface area contributed by atoms with Crippen molar-refractivity contribution in [2.45, 2.75) is 46.3 Å². The summed E-state index contributed by atoms with van der Waals surface area (Å²) in [6.07, 6.45) is 3.25. The Labute approximate surface area is 122 Å². The lowest BCUT2D eigenvalue weighted by molar-refractivity contribution is -0.156. The smallest absolute Gasteiger partial charge is 0.329 e. The number of nitrogens with one attached hydrogen (secondary N) is 1. The Morgan fingerprint density at radius 1 is 1.32 bits per heavy atom. The average molecular weight is 330 g/mol. The molecule has 0 aliphatic heterocycles. The maximum Gasteiger partial charge on any atom is 0.329 e. The van der Waals surface area contributed by atoms with Crippen LogP contribution in [0.4, 0.5) is 5.95 Å². The zero-order valence-electron chi connectivity index (χ0n) is 11.9. The lowest BCUT2D eigenvalue weighted by Gasteiger charge is -2.26. The third kappa shape index (κ3) is 5.55. The van der Waals surface area contributed by atoms with Gasteiger partial charge in [-0.05, 0) is 42.6 Å². The molecule has 0 aromatic carbocycles. The predicted molar refractivity (Wildman–Crippen MR) is 77.8 cm³/mol. The van der Waals surface area contributed by atoms with Gasteiger partial charge in [-0.25, -0.2) is 14.8 Å². The first-order valence-corrected chi connectivity index (χ1v) is 6.95. The highest BCUT2D eigenvalue weighted by molar-refractivity contribution is 9.10. The van der Waals surface area contributed by atoms with Gasteiger partial charge in [-0.2, -0.15) is 0 Å². The largest absolute Gasteiger partial charge is 0.458 e. The number of nitrogens with zero attached hydrogens (tertiary/aromatic N) is 2. The van der Waals surface area contributed by atoms with Gasteiger partial charge in [0, 0.05) is 12.4 Å². The van der Waals surface area contributed by atoms with E-state index >= 15 is 0 Å². The summed E-state index contributed by atoms with van der Waals surface area (Å²) in [5, 5.41) is 3.01. The topological polar surface area (TPSA) is 64.1 Å². The molecule has 0 saturated heterocycles. The summed E-state index contributed by atoms with van der Waals surface area (Å²) < 4.78 is 6.18. The third-order valence-electron chi connectivity index (χ3n) is 2.23. The van der Waals surface area contributed by atoms with E-state index in [2.05, 4.69) is 31.2 Å². The van der Waals surface area contributed by atoms with E-state index in [4.69, 9.17) is 4.74 Å². The maximum absolute atomic E-state index is 12.1. The van der Waals surface area contributed by atoms with Crippen molar-refractivity contribution in [3.05, 3.63) is 16.9 Å². The molecule has 6 heteroatoms. The van der Waals surface area contributed by atoms with Gasteiger partial charge in [-0.15, -0.1) is 0 Å². The Kier molecular flexibility index (Phi) is 5.29. The van der Waals surface area contributed by atoms with Crippen LogP contribution in [0, 0.1) is 5.92 Å². The number of hydrogen-bond acceptors (Lipinski definition) is 5. The second-order valence-corrected chi connectivity index (χ2v) is 6.54. The fraction of sp³-hybridized carbons (Fsp3) is 0.615. The summed E-state index contributed by atoms with van der Waals surface area (Å²) in [7, 11) is 0. The van der Waals surface area contributed by atoms with Gasteiger partial charge >= 0.3 is 5.97 Å². The van der Waals surface area contributed by atoms with E-state index in [1.807, 2.05) is 34.6 Å². The molecule has 0 radical (unpaired) electrons. The van der Waals surface area contributed by atoms with E-state index in [0.29, 0.717) is 5.95 Å². The summed E-state index contributed by atoms with van der Waals surface area (Å²) in [5.74, 6) is 0.184. The molecule has 0 fully saturated rings. The molecule has 0 saturated carbocycles. The van der Waals surface area contributed by atoms with E-state index in [9.17, 15) is 4.79 Å². The van der Waals surface area contributed by atoms with Crippen LogP contribution in [0.5, 0.6) is 0 Å². The second-order valence-electron chi connectivity index (χ2n) is 5.62. The first-order valence-electron chi connectivity index (χ1n) is 6.16. The highest BCUT2D eigenvalue weighted by Gasteiger charge is 2.28. The number of rotatable bonds is 4. The van der Waals surface area contributed by atoms with Gasteiger partial charge < -0.3 is 10.1 Å². The lowest BCUT2D eigenvalue weighted by Crippen LogP contribution is -2.40. The van der Waals surface area contributed by atoms with Crippen molar-refractivity contribution in [3.63, 3.8) is 0 Å². The van der Waals surface area contributed by atoms with Crippen LogP contribution in [-0.2, 0) is 9.53 Å². The summed E-state index contributed by atoms with van der Waals surface area (Å²) in [5.41, 5.74) is -0.507. The number of anilines is 1. The van der Waals surface area contributed by atoms with Crippen LogP contribution in [0.1, 0.15) is 34.6 Å². The summed E-state index contributed by atoms with van der Waals surface area (Å²) in [4.78, 5) is 20.3. The molecule has 1 aromatic rings. The van der Waals surface area contributed by atoms with Crippen molar-refractivity contribution in [1.82, 2.24) is 9.97 Å². The molecule has 0 bridgehead atoms. The SMILES string of the molecule is CC(C)[C@@H](Nc1ncc(Br)cn1)C(=O)OC(C)(C)C. The fourth-order valence-electron chi connectivity index (χ4n) is 1.39. The molecule has 1 heterocycles. The highest BCUT2D eigenvalue weighted by Crippen LogP contribution is 2.15. The molecule has 19 heavy (non-hydrogen) atoms. The molecule has 1 rings (SSSR count). The minimum atomic E-state index is -0.507. The van der Waals surface area contributed by atoms with Crippen molar-refractivity contribution in [2.24, 2.45) is 5.92 Å². The summed E-state index contributed by atoms with van der Waals surface area (Å²) in [6, 6.07) is -0.472. The first kappa shape index (κ1) is 15.9. The number of hydrogen-bond donors (Lipinski definition) is 1. The van der Waals surface area contributed by atoms with Crippen molar-refractivity contribution < 1.29 is 9.53 Å². The lowest BCUT2D eigenvalue weighted by atomic mass is 10.0. The van der Waals surface area contributed by atoms with Gasteiger partial charge in [-0.3, -0.25) is 0 Å².